The molecule has 6 heteroatoms. The van der Waals surface area contributed by atoms with Gasteiger partial charge in [-0.25, -0.2) is 0 Å². The van der Waals surface area contributed by atoms with Crippen LogP contribution in [0.25, 0.3) is 0 Å². The number of hydrogen-bond donors (Lipinski definition) is 1. The van der Waals surface area contributed by atoms with Crippen molar-refractivity contribution >= 4 is 21.6 Å². The van der Waals surface area contributed by atoms with Crippen molar-refractivity contribution in [2.75, 3.05) is 6.61 Å². The molecule has 0 fully saturated rings. The summed E-state index contributed by atoms with van der Waals surface area (Å²) >= 11 is 3.20. The molecular weight excluding hydrogens is 300 g/mol. The van der Waals surface area contributed by atoms with Crippen molar-refractivity contribution in [2.24, 2.45) is 5.73 Å². The second kappa shape index (κ2) is 6.15. The first-order chi connectivity index (χ1) is 8.41. The summed E-state index contributed by atoms with van der Waals surface area (Å²) in [6.45, 7) is 4.22. The van der Waals surface area contributed by atoms with E-state index >= 15 is 0 Å². The zero-order chi connectivity index (χ0) is 13.8. The van der Waals surface area contributed by atoms with Gasteiger partial charge in [-0.2, -0.15) is 0 Å². The fraction of sp³-hybridized carbons (Fsp3) is 0.500. The van der Waals surface area contributed by atoms with Gasteiger partial charge < -0.3 is 10.5 Å². The second-order valence-electron chi connectivity index (χ2n) is 4.23. The molecule has 1 aromatic rings. The van der Waals surface area contributed by atoms with E-state index in [2.05, 4.69) is 15.9 Å². The number of ether oxygens (including phenoxy) is 1. The normalized spacial score (nSPS) is 11.3. The third-order valence-corrected chi connectivity index (χ3v) is 3.53. The molecule has 18 heavy (non-hydrogen) atoms. The molecule has 100 valence electrons. The average molecular weight is 317 g/mol. The SMILES string of the molecule is CCC(N)(CC)COc1ccc(Br)cc1[N+](=O)[O-]. The molecule has 0 atom stereocenters. The van der Waals surface area contributed by atoms with E-state index in [-0.39, 0.29) is 18.0 Å². The number of halogens is 1. The van der Waals surface area contributed by atoms with Crippen molar-refractivity contribution < 1.29 is 9.66 Å². The summed E-state index contributed by atoms with van der Waals surface area (Å²) in [6, 6.07) is 4.71. The Balaban J connectivity index is 2.88. The standard InChI is InChI=1S/C12H17BrN2O3/c1-3-12(14,4-2)8-18-11-6-5-9(13)7-10(11)15(16)17/h5-7H,3-4,8,14H2,1-2H3. The molecule has 0 aromatic heterocycles. The number of rotatable bonds is 6. The fourth-order valence-corrected chi connectivity index (χ4v) is 1.78. The molecular formula is C12H17BrN2O3. The van der Waals surface area contributed by atoms with Crippen molar-refractivity contribution in [3.8, 4) is 5.75 Å². The van der Waals surface area contributed by atoms with E-state index in [1.165, 1.54) is 6.07 Å². The molecule has 0 bridgehead atoms. The Bertz CT molecular complexity index is 433. The molecule has 0 unspecified atom stereocenters. The first-order valence-electron chi connectivity index (χ1n) is 5.77. The quantitative estimate of drug-likeness (QED) is 0.645. The number of nitrogens with two attached hydrogens (primary N) is 1. The summed E-state index contributed by atoms with van der Waals surface area (Å²) in [5, 5.41) is 10.9. The van der Waals surface area contributed by atoms with Crippen LogP contribution in [-0.4, -0.2) is 17.1 Å². The van der Waals surface area contributed by atoms with Crippen molar-refractivity contribution in [2.45, 2.75) is 32.2 Å². The van der Waals surface area contributed by atoms with Gasteiger partial charge in [0.05, 0.1) is 4.92 Å². The highest BCUT2D eigenvalue weighted by Gasteiger charge is 2.23. The third-order valence-electron chi connectivity index (χ3n) is 3.04. The summed E-state index contributed by atoms with van der Waals surface area (Å²) < 4.78 is 6.16. The Hall–Kier alpha value is -1.14. The molecule has 0 radical (unpaired) electrons. The number of nitro benzene ring substituents is 1. The minimum Gasteiger partial charge on any atom is -0.485 e. The second-order valence-corrected chi connectivity index (χ2v) is 5.14. The highest BCUT2D eigenvalue weighted by Crippen LogP contribution is 2.30. The minimum absolute atomic E-state index is 0.0565. The Kier molecular flexibility index (Phi) is 5.10. The molecule has 0 aliphatic rings. The van der Waals surface area contributed by atoms with Gasteiger partial charge in [-0.3, -0.25) is 10.1 Å². The molecule has 0 spiro atoms. The average Bonchev–Trinajstić information content (AvgIpc) is 2.36. The summed E-state index contributed by atoms with van der Waals surface area (Å²) in [5.74, 6) is 0.250. The van der Waals surface area contributed by atoms with Crippen LogP contribution in [0.4, 0.5) is 5.69 Å². The summed E-state index contributed by atoms with van der Waals surface area (Å²) in [4.78, 5) is 10.4. The number of benzene rings is 1. The molecule has 1 rings (SSSR count). The van der Waals surface area contributed by atoms with Gasteiger partial charge in [0.2, 0.25) is 0 Å². The Morgan fingerprint density at radius 1 is 1.44 bits per heavy atom. The van der Waals surface area contributed by atoms with Crippen LogP contribution in [0.2, 0.25) is 0 Å². The van der Waals surface area contributed by atoms with Gasteiger partial charge >= 0.3 is 5.69 Å². The molecule has 5 nitrogen and oxygen atoms in total. The molecule has 0 amide bonds. The smallest absolute Gasteiger partial charge is 0.312 e. The van der Waals surface area contributed by atoms with Crippen LogP contribution in [0.15, 0.2) is 22.7 Å². The minimum atomic E-state index is -0.462. The highest BCUT2D eigenvalue weighted by molar-refractivity contribution is 9.10. The van der Waals surface area contributed by atoms with E-state index < -0.39 is 10.5 Å². The van der Waals surface area contributed by atoms with Gasteiger partial charge in [0, 0.05) is 16.1 Å². The monoisotopic (exact) mass is 316 g/mol. The zero-order valence-electron chi connectivity index (χ0n) is 10.5. The number of hydrogen-bond acceptors (Lipinski definition) is 4. The molecule has 0 heterocycles. The first-order valence-corrected chi connectivity index (χ1v) is 6.57. The van der Waals surface area contributed by atoms with Gasteiger partial charge in [-0.05, 0) is 25.0 Å². The Morgan fingerprint density at radius 3 is 2.56 bits per heavy atom. The molecule has 0 aliphatic heterocycles. The maximum Gasteiger partial charge on any atom is 0.312 e. The van der Waals surface area contributed by atoms with Crippen LogP contribution in [0, 0.1) is 10.1 Å². The fourth-order valence-electron chi connectivity index (χ4n) is 1.43. The maximum absolute atomic E-state index is 10.9. The highest BCUT2D eigenvalue weighted by atomic mass is 79.9. The summed E-state index contributed by atoms with van der Waals surface area (Å²) in [6.07, 6.45) is 1.52. The molecule has 2 N–H and O–H groups in total. The predicted octanol–water partition coefficient (Wildman–Crippen LogP) is 3.25. The van der Waals surface area contributed by atoms with Crippen molar-refractivity contribution in [3.05, 3.63) is 32.8 Å². The lowest BCUT2D eigenvalue weighted by Crippen LogP contribution is -2.44. The van der Waals surface area contributed by atoms with Gasteiger partial charge in [0.1, 0.15) is 6.61 Å². The van der Waals surface area contributed by atoms with Crippen LogP contribution < -0.4 is 10.5 Å². The van der Waals surface area contributed by atoms with E-state index in [1.807, 2.05) is 13.8 Å². The van der Waals surface area contributed by atoms with Gasteiger partial charge in [0.25, 0.3) is 0 Å². The van der Waals surface area contributed by atoms with E-state index in [4.69, 9.17) is 10.5 Å². The first kappa shape index (κ1) is 14.9. The van der Waals surface area contributed by atoms with E-state index in [9.17, 15) is 10.1 Å². The topological polar surface area (TPSA) is 78.4 Å². The lowest BCUT2D eigenvalue weighted by atomic mass is 9.96. The predicted molar refractivity (Wildman–Crippen MR) is 73.8 cm³/mol. The van der Waals surface area contributed by atoms with Crippen molar-refractivity contribution in [1.29, 1.82) is 0 Å². The van der Waals surface area contributed by atoms with Crippen LogP contribution >= 0.6 is 15.9 Å². The maximum atomic E-state index is 10.9. The largest absolute Gasteiger partial charge is 0.485 e. The van der Waals surface area contributed by atoms with E-state index in [0.29, 0.717) is 4.47 Å². The molecule has 0 saturated carbocycles. The van der Waals surface area contributed by atoms with Crippen LogP contribution in [0.5, 0.6) is 5.75 Å². The zero-order valence-corrected chi connectivity index (χ0v) is 12.1. The van der Waals surface area contributed by atoms with Crippen molar-refractivity contribution in [1.82, 2.24) is 0 Å². The van der Waals surface area contributed by atoms with Gasteiger partial charge in [0.15, 0.2) is 5.75 Å². The summed E-state index contributed by atoms with van der Waals surface area (Å²) in [5.41, 5.74) is 5.60. The summed E-state index contributed by atoms with van der Waals surface area (Å²) in [7, 11) is 0. The van der Waals surface area contributed by atoms with E-state index in [0.717, 1.165) is 12.8 Å². The number of nitrogens with zero attached hydrogens (tertiary/aromatic N) is 1. The molecule has 0 aliphatic carbocycles. The molecule has 0 saturated heterocycles. The van der Waals surface area contributed by atoms with Crippen LogP contribution in [0.1, 0.15) is 26.7 Å². The Morgan fingerprint density at radius 2 is 2.06 bits per heavy atom. The molecule has 1 aromatic carbocycles. The van der Waals surface area contributed by atoms with Crippen molar-refractivity contribution in [3.63, 3.8) is 0 Å². The third kappa shape index (κ3) is 3.68. The lowest BCUT2D eigenvalue weighted by Gasteiger charge is -2.26. The van der Waals surface area contributed by atoms with E-state index in [1.54, 1.807) is 12.1 Å². The Labute approximate surface area is 115 Å². The van der Waals surface area contributed by atoms with Gasteiger partial charge in [-0.1, -0.05) is 29.8 Å². The lowest BCUT2D eigenvalue weighted by molar-refractivity contribution is -0.386. The van der Waals surface area contributed by atoms with Crippen LogP contribution in [0.3, 0.4) is 0 Å². The van der Waals surface area contributed by atoms with Crippen LogP contribution in [-0.2, 0) is 0 Å². The van der Waals surface area contributed by atoms with Gasteiger partial charge in [-0.15, -0.1) is 0 Å². The number of nitro groups is 1.